The van der Waals surface area contributed by atoms with Gasteiger partial charge in [0.05, 0.1) is 10.6 Å². The maximum atomic E-state index is 11.2. The Labute approximate surface area is 110 Å². The fraction of sp³-hybridized carbons (Fsp3) is 0.364. The fourth-order valence-electron chi connectivity index (χ4n) is 1.19. The summed E-state index contributed by atoms with van der Waals surface area (Å²) in [6.07, 6.45) is 4.70. The second kappa shape index (κ2) is 6.33. The molecule has 0 bridgehead atoms. The van der Waals surface area contributed by atoms with E-state index < -0.39 is 9.05 Å². The zero-order chi connectivity index (χ0) is 12.9. The topological polar surface area (TPSA) is 46.5 Å². The minimum absolute atomic E-state index is 0.155. The Morgan fingerprint density at radius 1 is 1.53 bits per heavy atom. The van der Waals surface area contributed by atoms with Crippen molar-refractivity contribution in [2.75, 3.05) is 6.54 Å². The van der Waals surface area contributed by atoms with E-state index >= 15 is 0 Å². The number of aliphatic imine (C=N–C) groups is 1. The van der Waals surface area contributed by atoms with Gasteiger partial charge in [-0.1, -0.05) is 13.0 Å². The largest absolute Gasteiger partial charge is 0.284 e. The molecular formula is C11H14ClNO2S2. The first-order valence-corrected chi connectivity index (χ1v) is 8.33. The fourth-order valence-corrected chi connectivity index (χ4v) is 3.25. The van der Waals surface area contributed by atoms with Crippen LogP contribution in [0.25, 0.3) is 0 Å². The Bertz CT molecular complexity index is 529. The molecule has 0 fully saturated rings. The van der Waals surface area contributed by atoms with Crippen molar-refractivity contribution in [2.45, 2.75) is 24.5 Å². The van der Waals surface area contributed by atoms with Crippen LogP contribution < -0.4 is 0 Å². The predicted octanol–water partition coefficient (Wildman–Crippen LogP) is 3.45. The van der Waals surface area contributed by atoms with Crippen LogP contribution in [0.5, 0.6) is 0 Å². The molecule has 0 aliphatic heterocycles. The van der Waals surface area contributed by atoms with Gasteiger partial charge in [0.25, 0.3) is 9.05 Å². The van der Waals surface area contributed by atoms with Crippen LogP contribution in [0.3, 0.4) is 0 Å². The first-order chi connectivity index (χ1) is 7.99. The van der Waals surface area contributed by atoms with E-state index in [-0.39, 0.29) is 4.21 Å². The molecule has 0 saturated heterocycles. The molecule has 3 nitrogen and oxygen atoms in total. The lowest BCUT2D eigenvalue weighted by Gasteiger charge is -1.97. The van der Waals surface area contributed by atoms with Gasteiger partial charge in [-0.2, -0.15) is 0 Å². The lowest BCUT2D eigenvalue weighted by molar-refractivity contribution is 0.611. The van der Waals surface area contributed by atoms with Crippen LogP contribution in [0.2, 0.25) is 0 Å². The van der Waals surface area contributed by atoms with E-state index in [0.717, 1.165) is 34.9 Å². The Kier molecular flexibility index (Phi) is 5.36. The third-order valence-electron chi connectivity index (χ3n) is 1.90. The molecule has 1 heterocycles. The first-order valence-electron chi connectivity index (χ1n) is 5.21. The minimum Gasteiger partial charge on any atom is -0.284 e. The molecule has 0 aliphatic rings. The average Bonchev–Trinajstić information content (AvgIpc) is 2.72. The lowest BCUT2D eigenvalue weighted by atomic mass is 10.3. The summed E-state index contributed by atoms with van der Waals surface area (Å²) in [5.74, 6) is 0. The highest BCUT2D eigenvalue weighted by atomic mass is 35.7. The molecule has 0 spiro atoms. The molecule has 0 aromatic carbocycles. The van der Waals surface area contributed by atoms with Crippen molar-refractivity contribution in [2.24, 2.45) is 4.99 Å². The molecule has 1 aromatic heterocycles. The van der Waals surface area contributed by atoms with Crippen molar-refractivity contribution in [3.63, 3.8) is 0 Å². The maximum Gasteiger partial charge on any atom is 0.270 e. The molecule has 6 heteroatoms. The second-order valence-electron chi connectivity index (χ2n) is 3.32. The smallest absolute Gasteiger partial charge is 0.270 e. The van der Waals surface area contributed by atoms with Crippen molar-refractivity contribution in [3.05, 3.63) is 29.2 Å². The van der Waals surface area contributed by atoms with Gasteiger partial charge in [-0.15, -0.1) is 11.3 Å². The van der Waals surface area contributed by atoms with Crippen molar-refractivity contribution in [1.29, 1.82) is 0 Å². The molecular weight excluding hydrogens is 278 g/mol. The maximum absolute atomic E-state index is 11.2. The van der Waals surface area contributed by atoms with E-state index in [0.29, 0.717) is 0 Å². The standard InChI is InChI=1S/C11H14ClNO2S2/c1-3-5-9(13-8-4-2)10-6-7-11(16-10)17(12,14)15/h3,5-7H,4,8H2,1-2H3/b5-3-,13-9?. The van der Waals surface area contributed by atoms with E-state index in [9.17, 15) is 8.42 Å². The Hall–Kier alpha value is -0.650. The van der Waals surface area contributed by atoms with Gasteiger partial charge in [0.1, 0.15) is 4.21 Å². The van der Waals surface area contributed by atoms with E-state index in [1.807, 2.05) is 26.0 Å². The molecule has 0 atom stereocenters. The van der Waals surface area contributed by atoms with E-state index in [1.54, 1.807) is 6.07 Å². The van der Waals surface area contributed by atoms with Crippen LogP contribution in [-0.4, -0.2) is 20.7 Å². The van der Waals surface area contributed by atoms with E-state index in [1.165, 1.54) is 6.07 Å². The van der Waals surface area contributed by atoms with Crippen LogP contribution in [0.1, 0.15) is 25.1 Å². The average molecular weight is 292 g/mol. The minimum atomic E-state index is -3.64. The summed E-state index contributed by atoms with van der Waals surface area (Å²) < 4.78 is 22.5. The van der Waals surface area contributed by atoms with Gasteiger partial charge in [-0.05, 0) is 31.6 Å². The molecule has 17 heavy (non-hydrogen) atoms. The van der Waals surface area contributed by atoms with Gasteiger partial charge >= 0.3 is 0 Å². The van der Waals surface area contributed by atoms with Crippen LogP contribution in [0.15, 0.2) is 33.5 Å². The van der Waals surface area contributed by atoms with Crippen molar-refractivity contribution >= 4 is 36.8 Å². The summed E-state index contributed by atoms with van der Waals surface area (Å²) in [5, 5.41) is 0. The Morgan fingerprint density at radius 2 is 2.24 bits per heavy atom. The second-order valence-corrected chi connectivity index (χ2v) is 7.20. The van der Waals surface area contributed by atoms with Gasteiger partial charge in [-0.3, -0.25) is 4.99 Å². The Morgan fingerprint density at radius 3 is 2.71 bits per heavy atom. The third kappa shape index (κ3) is 4.26. The number of thiophene rings is 1. The van der Waals surface area contributed by atoms with Crippen molar-refractivity contribution < 1.29 is 8.42 Å². The molecule has 0 amide bonds. The zero-order valence-corrected chi connectivity index (χ0v) is 12.1. The van der Waals surface area contributed by atoms with Gasteiger partial charge in [0.2, 0.25) is 0 Å². The zero-order valence-electron chi connectivity index (χ0n) is 9.68. The molecule has 0 unspecified atom stereocenters. The summed E-state index contributed by atoms with van der Waals surface area (Å²) in [6, 6.07) is 3.24. The van der Waals surface area contributed by atoms with Gasteiger partial charge in [-0.25, -0.2) is 8.42 Å². The molecule has 0 N–H and O–H groups in total. The van der Waals surface area contributed by atoms with Crippen molar-refractivity contribution in [3.8, 4) is 0 Å². The van der Waals surface area contributed by atoms with E-state index in [4.69, 9.17) is 10.7 Å². The number of hydrogen-bond acceptors (Lipinski definition) is 4. The molecule has 1 aromatic rings. The van der Waals surface area contributed by atoms with Crippen LogP contribution in [-0.2, 0) is 9.05 Å². The van der Waals surface area contributed by atoms with Crippen LogP contribution in [0.4, 0.5) is 0 Å². The third-order valence-corrected chi connectivity index (χ3v) is 5.10. The molecule has 0 aliphatic carbocycles. The highest BCUT2D eigenvalue weighted by Crippen LogP contribution is 2.25. The predicted molar refractivity (Wildman–Crippen MR) is 73.9 cm³/mol. The lowest BCUT2D eigenvalue weighted by Crippen LogP contribution is -1.94. The summed E-state index contributed by atoms with van der Waals surface area (Å²) in [4.78, 5) is 5.22. The highest BCUT2D eigenvalue weighted by Gasteiger charge is 2.14. The SMILES string of the molecule is C/C=C\C(=NCCC)c1ccc(S(=O)(=O)Cl)s1. The van der Waals surface area contributed by atoms with Crippen LogP contribution >= 0.6 is 22.0 Å². The van der Waals surface area contributed by atoms with E-state index in [2.05, 4.69) is 4.99 Å². The normalized spacial score (nSPS) is 13.5. The summed E-state index contributed by atoms with van der Waals surface area (Å²) in [5.41, 5.74) is 0.797. The molecule has 94 valence electrons. The first kappa shape index (κ1) is 14.4. The quantitative estimate of drug-likeness (QED) is 0.616. The van der Waals surface area contributed by atoms with Gasteiger partial charge in [0, 0.05) is 17.2 Å². The summed E-state index contributed by atoms with van der Waals surface area (Å²) in [6.45, 7) is 4.66. The number of hydrogen-bond donors (Lipinski definition) is 0. The van der Waals surface area contributed by atoms with Crippen LogP contribution in [0, 0.1) is 0 Å². The number of nitrogens with zero attached hydrogens (tertiary/aromatic N) is 1. The summed E-state index contributed by atoms with van der Waals surface area (Å²) >= 11 is 1.14. The highest BCUT2D eigenvalue weighted by molar-refractivity contribution is 8.15. The molecule has 1 rings (SSSR count). The van der Waals surface area contributed by atoms with Crippen molar-refractivity contribution in [1.82, 2.24) is 0 Å². The monoisotopic (exact) mass is 291 g/mol. The number of halogens is 1. The molecule has 0 saturated carbocycles. The summed E-state index contributed by atoms with van der Waals surface area (Å²) in [7, 11) is 1.64. The number of rotatable bonds is 5. The van der Waals surface area contributed by atoms with Gasteiger partial charge < -0.3 is 0 Å². The molecule has 0 radical (unpaired) electrons. The Balaban J connectivity index is 3.09. The number of allylic oxidation sites excluding steroid dienone is 2. The van der Waals surface area contributed by atoms with Gasteiger partial charge in [0.15, 0.2) is 0 Å².